The molecule has 0 bridgehead atoms. The molecular weight excluding hydrogens is 422 g/mol. The fourth-order valence-electron chi connectivity index (χ4n) is 4.42. The summed E-state index contributed by atoms with van der Waals surface area (Å²) in [7, 11) is 0. The van der Waals surface area contributed by atoms with Gasteiger partial charge in [-0.15, -0.1) is 0 Å². The molecule has 0 aliphatic heterocycles. The molecule has 0 saturated heterocycles. The number of carbonyl (C=O) groups excluding carboxylic acids is 1. The number of benzene rings is 1. The summed E-state index contributed by atoms with van der Waals surface area (Å²) in [4.78, 5) is 37.0. The van der Waals surface area contributed by atoms with Crippen LogP contribution < -0.4 is 10.9 Å². The normalized spacial score (nSPS) is 14.5. The maximum Gasteiger partial charge on any atom is 0.339 e. The van der Waals surface area contributed by atoms with Crippen molar-refractivity contribution in [2.45, 2.75) is 59.4 Å². The van der Waals surface area contributed by atoms with E-state index >= 15 is 0 Å². The number of aryl methyl sites for hydroxylation is 4. The van der Waals surface area contributed by atoms with Gasteiger partial charge in [-0.2, -0.15) is 0 Å². The van der Waals surface area contributed by atoms with Gasteiger partial charge in [0.25, 0.3) is 0 Å². The Labute approximate surface area is 190 Å². The van der Waals surface area contributed by atoms with Gasteiger partial charge in [-0.05, 0) is 69.7 Å². The Balaban J connectivity index is 1.61. The number of aliphatic carboxylic acids is 1. The van der Waals surface area contributed by atoms with Gasteiger partial charge < -0.3 is 19.3 Å². The lowest BCUT2D eigenvalue weighted by Crippen LogP contribution is -2.42. The van der Waals surface area contributed by atoms with Crippen LogP contribution in [-0.2, 0) is 16.0 Å². The Morgan fingerprint density at radius 3 is 2.39 bits per heavy atom. The summed E-state index contributed by atoms with van der Waals surface area (Å²) in [6.45, 7) is 7.60. The molecule has 1 unspecified atom stereocenters. The summed E-state index contributed by atoms with van der Waals surface area (Å²) >= 11 is 0. The van der Waals surface area contributed by atoms with Gasteiger partial charge in [-0.3, -0.25) is 4.79 Å². The number of furan rings is 1. The first-order valence-electron chi connectivity index (χ1n) is 11.0. The third-order valence-corrected chi connectivity index (χ3v) is 6.51. The summed E-state index contributed by atoms with van der Waals surface area (Å²) in [6.07, 6.45) is 6.94. The number of rotatable bonds is 6. The van der Waals surface area contributed by atoms with Crippen LogP contribution in [0.4, 0.5) is 0 Å². The zero-order valence-corrected chi connectivity index (χ0v) is 19.2. The van der Waals surface area contributed by atoms with Gasteiger partial charge in [-0.25, -0.2) is 9.59 Å². The largest absolute Gasteiger partial charge is 0.479 e. The van der Waals surface area contributed by atoms with Crippen LogP contribution in [0, 0.1) is 27.7 Å². The summed E-state index contributed by atoms with van der Waals surface area (Å²) < 4.78 is 11.5. The summed E-state index contributed by atoms with van der Waals surface area (Å²) in [5.41, 5.74) is 4.33. The molecule has 2 N–H and O–H groups in total. The van der Waals surface area contributed by atoms with Crippen molar-refractivity contribution in [2.75, 3.05) is 0 Å². The second-order valence-electron chi connectivity index (χ2n) is 8.56. The third kappa shape index (κ3) is 4.11. The highest BCUT2D eigenvalue weighted by atomic mass is 16.4. The van der Waals surface area contributed by atoms with Crippen LogP contribution in [0.1, 0.15) is 47.3 Å². The van der Waals surface area contributed by atoms with Gasteiger partial charge in [-0.1, -0.05) is 18.2 Å². The van der Waals surface area contributed by atoms with Crippen molar-refractivity contribution in [3.8, 4) is 0 Å². The third-order valence-electron chi connectivity index (χ3n) is 6.51. The van der Waals surface area contributed by atoms with Crippen molar-refractivity contribution in [1.82, 2.24) is 5.32 Å². The zero-order chi connectivity index (χ0) is 23.9. The Morgan fingerprint density at radius 1 is 1.03 bits per heavy atom. The SMILES string of the molecule is Cc1oc2c(C)c3oc(=O)c(CCC(=O)NC(C(=O)O)C4=CCC=CC4)c(C)c3cc2c1C. The van der Waals surface area contributed by atoms with Crippen LogP contribution in [-0.4, -0.2) is 23.0 Å². The average Bonchev–Trinajstić information content (AvgIpc) is 3.07. The minimum absolute atomic E-state index is 0.0188. The Morgan fingerprint density at radius 2 is 1.73 bits per heavy atom. The Bertz CT molecular complexity index is 1400. The highest BCUT2D eigenvalue weighted by molar-refractivity contribution is 6.00. The number of carboxylic acids is 1. The fourth-order valence-corrected chi connectivity index (χ4v) is 4.42. The standard InChI is InChI=1S/C26H27NO6/c1-13-16(4)32-23-15(3)24-20(12-19(13)23)14(2)18(26(31)33-24)10-11-21(28)27-22(25(29)30)17-8-6-5-7-9-17/h5-6,9,12,22H,7-8,10-11H2,1-4H3,(H,27,28)(H,29,30). The van der Waals surface area contributed by atoms with Gasteiger partial charge >= 0.3 is 11.6 Å². The molecule has 1 aromatic carbocycles. The number of fused-ring (bicyclic) bond motifs is 2. The molecule has 0 radical (unpaired) electrons. The van der Waals surface area contributed by atoms with Crippen molar-refractivity contribution < 1.29 is 23.5 Å². The predicted octanol–water partition coefficient (Wildman–Crippen LogP) is 4.55. The molecule has 1 aliphatic carbocycles. The van der Waals surface area contributed by atoms with Gasteiger partial charge in [0.15, 0.2) is 0 Å². The van der Waals surface area contributed by atoms with E-state index in [1.165, 1.54) is 0 Å². The van der Waals surface area contributed by atoms with E-state index in [0.717, 1.165) is 33.2 Å². The van der Waals surface area contributed by atoms with Crippen LogP contribution >= 0.6 is 0 Å². The number of hydrogen-bond acceptors (Lipinski definition) is 5. The lowest BCUT2D eigenvalue weighted by atomic mass is 9.97. The van der Waals surface area contributed by atoms with Crippen LogP contribution in [0.3, 0.4) is 0 Å². The molecule has 1 aliphatic rings. The molecule has 2 aromatic heterocycles. The number of allylic oxidation sites excluding steroid dienone is 3. The predicted molar refractivity (Wildman–Crippen MR) is 126 cm³/mol. The quantitative estimate of drug-likeness (QED) is 0.422. The molecule has 7 heteroatoms. The molecule has 1 amide bonds. The highest BCUT2D eigenvalue weighted by Gasteiger charge is 2.25. The van der Waals surface area contributed by atoms with E-state index in [1.807, 2.05) is 52.0 Å². The van der Waals surface area contributed by atoms with Crippen molar-refractivity contribution in [3.63, 3.8) is 0 Å². The summed E-state index contributed by atoms with van der Waals surface area (Å²) in [5.74, 6) is -0.710. The Hall–Kier alpha value is -3.61. The molecule has 172 valence electrons. The van der Waals surface area contributed by atoms with Crippen molar-refractivity contribution in [1.29, 1.82) is 0 Å². The highest BCUT2D eigenvalue weighted by Crippen LogP contribution is 2.34. The topological polar surface area (TPSA) is 110 Å². The van der Waals surface area contributed by atoms with Crippen molar-refractivity contribution in [2.24, 2.45) is 0 Å². The van der Waals surface area contributed by atoms with E-state index in [0.29, 0.717) is 35.1 Å². The smallest absolute Gasteiger partial charge is 0.339 e. The molecule has 0 spiro atoms. The van der Waals surface area contributed by atoms with Crippen LogP contribution in [0.2, 0.25) is 0 Å². The first-order valence-corrected chi connectivity index (χ1v) is 11.0. The molecule has 0 fully saturated rings. The molecular formula is C26H27NO6. The maximum absolute atomic E-state index is 12.8. The molecule has 33 heavy (non-hydrogen) atoms. The zero-order valence-electron chi connectivity index (χ0n) is 19.2. The van der Waals surface area contributed by atoms with Crippen molar-refractivity contribution >= 4 is 33.8 Å². The minimum Gasteiger partial charge on any atom is -0.479 e. The lowest BCUT2D eigenvalue weighted by Gasteiger charge is -2.19. The first kappa shape index (κ1) is 22.6. The number of nitrogens with one attached hydrogen (secondary N) is 1. The van der Waals surface area contributed by atoms with E-state index < -0.39 is 23.5 Å². The number of hydrogen-bond donors (Lipinski definition) is 2. The first-order chi connectivity index (χ1) is 15.7. The summed E-state index contributed by atoms with van der Waals surface area (Å²) in [6, 6.07) is 0.898. The molecule has 4 rings (SSSR count). The molecule has 7 nitrogen and oxygen atoms in total. The van der Waals surface area contributed by atoms with Gasteiger partial charge in [0.1, 0.15) is 23.0 Å². The van der Waals surface area contributed by atoms with Gasteiger partial charge in [0.05, 0.1) is 0 Å². The molecule has 0 saturated carbocycles. The average molecular weight is 450 g/mol. The molecule has 3 aromatic rings. The lowest BCUT2D eigenvalue weighted by molar-refractivity contribution is -0.140. The van der Waals surface area contributed by atoms with Gasteiger partial charge in [0, 0.05) is 28.3 Å². The second-order valence-corrected chi connectivity index (χ2v) is 8.56. The number of carboxylic acid groups (broad SMARTS) is 1. The second kappa shape index (κ2) is 8.73. The van der Waals surface area contributed by atoms with Crippen LogP contribution in [0.15, 0.2) is 43.5 Å². The monoisotopic (exact) mass is 449 g/mol. The van der Waals surface area contributed by atoms with Gasteiger partial charge in [0.2, 0.25) is 5.91 Å². The van der Waals surface area contributed by atoms with Crippen molar-refractivity contribution in [3.05, 3.63) is 68.3 Å². The number of carbonyl (C=O) groups is 2. The van der Waals surface area contributed by atoms with E-state index in [2.05, 4.69) is 5.32 Å². The van der Waals surface area contributed by atoms with E-state index in [9.17, 15) is 19.5 Å². The number of amides is 1. The maximum atomic E-state index is 12.8. The van der Waals surface area contributed by atoms with Crippen LogP contribution in [0.5, 0.6) is 0 Å². The molecule has 1 atom stereocenters. The summed E-state index contributed by atoms with van der Waals surface area (Å²) in [5, 5.41) is 13.9. The van der Waals surface area contributed by atoms with E-state index in [4.69, 9.17) is 8.83 Å². The van der Waals surface area contributed by atoms with E-state index in [-0.39, 0.29) is 12.8 Å². The van der Waals surface area contributed by atoms with Crippen LogP contribution in [0.25, 0.3) is 21.9 Å². The fraction of sp³-hybridized carbons (Fsp3) is 0.346. The van der Waals surface area contributed by atoms with E-state index in [1.54, 1.807) is 0 Å². The molecule has 2 heterocycles. The Kier molecular flexibility index (Phi) is 5.97. The minimum atomic E-state index is -1.10.